The molecule has 106 valence electrons. The smallest absolute Gasteiger partial charge is 0.347 e. The maximum atomic E-state index is 11.9. The number of amides is 1. The van der Waals surface area contributed by atoms with Gasteiger partial charge in [0.2, 0.25) is 0 Å². The van der Waals surface area contributed by atoms with E-state index >= 15 is 0 Å². The van der Waals surface area contributed by atoms with E-state index in [9.17, 15) is 9.59 Å². The molecule has 0 aromatic carbocycles. The molecule has 20 heavy (non-hydrogen) atoms. The molecule has 0 saturated heterocycles. The Kier molecular flexibility index (Phi) is 4.14. The fraction of sp³-hybridized carbons (Fsp3) is 0.333. The second kappa shape index (κ2) is 5.83. The van der Waals surface area contributed by atoms with E-state index in [1.165, 1.54) is 6.20 Å². The largest absolute Gasteiger partial charge is 0.477 e. The van der Waals surface area contributed by atoms with Crippen molar-refractivity contribution >= 4 is 23.2 Å². The van der Waals surface area contributed by atoms with E-state index in [4.69, 9.17) is 5.11 Å². The Bertz CT molecular complexity index is 647. The molecule has 1 amide bonds. The van der Waals surface area contributed by atoms with Gasteiger partial charge in [-0.05, 0) is 13.8 Å². The van der Waals surface area contributed by atoms with Gasteiger partial charge < -0.3 is 10.4 Å². The molecular weight excluding hydrogens is 280 g/mol. The van der Waals surface area contributed by atoms with Gasteiger partial charge in [-0.15, -0.1) is 11.3 Å². The van der Waals surface area contributed by atoms with Crippen LogP contribution in [0.5, 0.6) is 0 Å². The van der Waals surface area contributed by atoms with Crippen molar-refractivity contribution in [2.24, 2.45) is 0 Å². The predicted molar refractivity (Wildman–Crippen MR) is 72.9 cm³/mol. The number of carboxylic acids is 1. The summed E-state index contributed by atoms with van der Waals surface area (Å²) in [6.45, 7) is 4.47. The van der Waals surface area contributed by atoms with E-state index in [1.54, 1.807) is 17.8 Å². The molecule has 2 N–H and O–H groups in total. The lowest BCUT2D eigenvalue weighted by molar-refractivity contribution is 0.0701. The Balaban J connectivity index is 1.99. The highest BCUT2D eigenvalue weighted by Gasteiger charge is 2.15. The number of aryl methyl sites for hydroxylation is 2. The summed E-state index contributed by atoms with van der Waals surface area (Å²) < 4.78 is 1.66. The summed E-state index contributed by atoms with van der Waals surface area (Å²) in [4.78, 5) is 27.1. The third kappa shape index (κ3) is 3.02. The Morgan fingerprint density at radius 2 is 2.25 bits per heavy atom. The number of aromatic carboxylic acids is 1. The van der Waals surface area contributed by atoms with Crippen molar-refractivity contribution in [3.05, 3.63) is 33.5 Å². The molecule has 2 heterocycles. The molecule has 2 rings (SSSR count). The first kappa shape index (κ1) is 14.2. The molecule has 8 heteroatoms. The summed E-state index contributed by atoms with van der Waals surface area (Å²) in [7, 11) is 0. The normalized spacial score (nSPS) is 10.5. The summed E-state index contributed by atoms with van der Waals surface area (Å²) in [5.74, 6) is -1.25. The lowest BCUT2D eigenvalue weighted by atomic mass is 10.3. The fourth-order valence-electron chi connectivity index (χ4n) is 1.64. The lowest BCUT2D eigenvalue weighted by Crippen LogP contribution is -2.22. The molecule has 0 aliphatic rings. The zero-order chi connectivity index (χ0) is 14.7. The molecule has 2 aromatic heterocycles. The first-order valence-corrected chi connectivity index (χ1v) is 6.83. The molecule has 0 saturated carbocycles. The van der Waals surface area contributed by atoms with Crippen molar-refractivity contribution in [1.29, 1.82) is 0 Å². The highest BCUT2D eigenvalue weighted by atomic mass is 32.1. The van der Waals surface area contributed by atoms with Crippen LogP contribution in [0.1, 0.15) is 37.7 Å². The molecule has 0 unspecified atom stereocenters. The Hall–Kier alpha value is -2.22. The van der Waals surface area contributed by atoms with Crippen LogP contribution in [-0.4, -0.2) is 31.7 Å². The van der Waals surface area contributed by atoms with E-state index in [0.29, 0.717) is 22.8 Å². The number of hydrogen-bond acceptors (Lipinski definition) is 5. The van der Waals surface area contributed by atoms with Crippen molar-refractivity contribution in [1.82, 2.24) is 20.1 Å². The quantitative estimate of drug-likeness (QED) is 0.866. The summed E-state index contributed by atoms with van der Waals surface area (Å²) in [5, 5.41) is 16.2. The number of rotatable bonds is 5. The molecule has 0 atom stereocenters. The maximum Gasteiger partial charge on any atom is 0.347 e. The highest BCUT2D eigenvalue weighted by molar-refractivity contribution is 7.13. The number of carboxylic acid groups (broad SMARTS) is 1. The zero-order valence-electron chi connectivity index (χ0n) is 11.1. The third-order valence-electron chi connectivity index (χ3n) is 2.65. The van der Waals surface area contributed by atoms with Crippen LogP contribution in [0.25, 0.3) is 0 Å². The average molecular weight is 294 g/mol. The standard InChI is InChI=1S/C12H14N4O3S/c1-3-16-6-8(4-14-16)11(17)13-5-9-15-7(2)10(20-9)12(18)19/h4,6H,3,5H2,1-2H3,(H,13,17)(H,18,19). The predicted octanol–water partition coefficient (Wildman–Crippen LogP) is 1.30. The summed E-state index contributed by atoms with van der Waals surface area (Å²) in [6, 6.07) is 0. The Labute approximate surface area is 119 Å². The Morgan fingerprint density at radius 3 is 2.80 bits per heavy atom. The minimum absolute atomic E-state index is 0.202. The highest BCUT2D eigenvalue weighted by Crippen LogP contribution is 2.17. The van der Waals surface area contributed by atoms with Crippen LogP contribution in [0.2, 0.25) is 0 Å². The van der Waals surface area contributed by atoms with E-state index < -0.39 is 5.97 Å². The molecule has 0 radical (unpaired) electrons. The zero-order valence-corrected chi connectivity index (χ0v) is 11.9. The second-order valence-electron chi connectivity index (χ2n) is 4.09. The maximum absolute atomic E-state index is 11.9. The molecule has 0 fully saturated rings. The summed E-state index contributed by atoms with van der Waals surface area (Å²) in [5.41, 5.74) is 0.934. The second-order valence-corrected chi connectivity index (χ2v) is 5.18. The van der Waals surface area contributed by atoms with Crippen molar-refractivity contribution in [2.45, 2.75) is 26.9 Å². The van der Waals surface area contributed by atoms with Gasteiger partial charge in [-0.1, -0.05) is 0 Å². The van der Waals surface area contributed by atoms with Crippen LogP contribution in [0, 0.1) is 6.92 Å². The van der Waals surface area contributed by atoms with E-state index in [0.717, 1.165) is 11.3 Å². The van der Waals surface area contributed by atoms with Crippen LogP contribution >= 0.6 is 11.3 Å². The van der Waals surface area contributed by atoms with Crippen LogP contribution in [0.3, 0.4) is 0 Å². The van der Waals surface area contributed by atoms with Crippen LogP contribution in [0.15, 0.2) is 12.4 Å². The SMILES string of the molecule is CCn1cc(C(=O)NCc2nc(C)c(C(=O)O)s2)cn1. The molecule has 0 aliphatic heterocycles. The molecule has 7 nitrogen and oxygen atoms in total. The number of carbonyl (C=O) groups is 2. The lowest BCUT2D eigenvalue weighted by Gasteiger charge is -1.99. The van der Waals surface area contributed by atoms with Crippen molar-refractivity contribution in [3.63, 3.8) is 0 Å². The van der Waals surface area contributed by atoms with E-state index in [-0.39, 0.29) is 17.3 Å². The average Bonchev–Trinajstić information content (AvgIpc) is 3.02. The van der Waals surface area contributed by atoms with Crippen molar-refractivity contribution < 1.29 is 14.7 Å². The Morgan fingerprint density at radius 1 is 1.50 bits per heavy atom. The van der Waals surface area contributed by atoms with Gasteiger partial charge in [0.1, 0.15) is 9.88 Å². The first-order chi connectivity index (χ1) is 9.51. The van der Waals surface area contributed by atoms with Gasteiger partial charge in [-0.2, -0.15) is 5.10 Å². The molecular formula is C12H14N4O3S. The van der Waals surface area contributed by atoms with E-state index in [1.807, 2.05) is 6.92 Å². The monoisotopic (exact) mass is 294 g/mol. The number of aromatic nitrogens is 3. The van der Waals surface area contributed by atoms with Crippen LogP contribution < -0.4 is 5.32 Å². The number of carbonyl (C=O) groups excluding carboxylic acids is 1. The molecule has 0 aliphatic carbocycles. The van der Waals surface area contributed by atoms with Gasteiger partial charge in [-0.3, -0.25) is 9.48 Å². The third-order valence-corrected chi connectivity index (χ3v) is 3.80. The summed E-state index contributed by atoms with van der Waals surface area (Å²) >= 11 is 1.07. The topological polar surface area (TPSA) is 97.1 Å². The van der Waals surface area contributed by atoms with E-state index in [2.05, 4.69) is 15.4 Å². The number of thiazole rings is 1. The number of nitrogens with one attached hydrogen (secondary N) is 1. The van der Waals surface area contributed by atoms with Crippen molar-refractivity contribution in [2.75, 3.05) is 0 Å². The van der Waals surface area contributed by atoms with Crippen LogP contribution in [0.4, 0.5) is 0 Å². The van der Waals surface area contributed by atoms with Gasteiger partial charge in [0.25, 0.3) is 5.91 Å². The minimum Gasteiger partial charge on any atom is -0.477 e. The molecule has 0 spiro atoms. The van der Waals surface area contributed by atoms with Gasteiger partial charge in [-0.25, -0.2) is 9.78 Å². The van der Waals surface area contributed by atoms with Gasteiger partial charge >= 0.3 is 5.97 Å². The number of nitrogens with zero attached hydrogens (tertiary/aromatic N) is 3. The first-order valence-electron chi connectivity index (χ1n) is 6.01. The fourth-order valence-corrected chi connectivity index (χ4v) is 2.48. The number of hydrogen-bond donors (Lipinski definition) is 2. The molecule has 2 aromatic rings. The van der Waals surface area contributed by atoms with Gasteiger partial charge in [0.15, 0.2) is 0 Å². The van der Waals surface area contributed by atoms with Gasteiger partial charge in [0.05, 0.1) is 24.0 Å². The van der Waals surface area contributed by atoms with Crippen molar-refractivity contribution in [3.8, 4) is 0 Å². The summed E-state index contributed by atoms with van der Waals surface area (Å²) in [6.07, 6.45) is 3.15. The molecule has 0 bridgehead atoms. The van der Waals surface area contributed by atoms with Crippen LogP contribution in [-0.2, 0) is 13.1 Å². The van der Waals surface area contributed by atoms with Gasteiger partial charge in [0, 0.05) is 12.7 Å². The minimum atomic E-state index is -0.998.